The van der Waals surface area contributed by atoms with Crippen LogP contribution in [0.3, 0.4) is 0 Å². The van der Waals surface area contributed by atoms with Crippen molar-refractivity contribution in [3.05, 3.63) is 66.2 Å². The van der Waals surface area contributed by atoms with Crippen molar-refractivity contribution in [3.63, 3.8) is 0 Å². The van der Waals surface area contributed by atoms with Crippen molar-refractivity contribution in [1.82, 2.24) is 10.6 Å². The van der Waals surface area contributed by atoms with Crippen LogP contribution in [0.4, 0.5) is 20.2 Å². The van der Waals surface area contributed by atoms with E-state index < -0.39 is 11.6 Å². The van der Waals surface area contributed by atoms with Gasteiger partial charge in [0.25, 0.3) is 0 Å². The van der Waals surface area contributed by atoms with Crippen molar-refractivity contribution < 1.29 is 8.78 Å². The molecule has 6 heteroatoms. The molecule has 0 aliphatic carbocycles. The number of benzene rings is 2. The lowest BCUT2D eigenvalue weighted by Gasteiger charge is -2.19. The number of hydrogen-bond donors (Lipinski definition) is 2. The lowest BCUT2D eigenvalue weighted by molar-refractivity contribution is 0.508. The van der Waals surface area contributed by atoms with E-state index in [9.17, 15) is 8.78 Å². The number of halogens is 2. The minimum atomic E-state index is -0.857. The van der Waals surface area contributed by atoms with Gasteiger partial charge in [-0.05, 0) is 45.1 Å². The van der Waals surface area contributed by atoms with Gasteiger partial charge in [-0.15, -0.1) is 0 Å². The second kappa shape index (κ2) is 10.6. The second-order valence-corrected chi connectivity index (χ2v) is 6.68. The van der Waals surface area contributed by atoms with Gasteiger partial charge in [0.2, 0.25) is 0 Å². The molecule has 2 N–H and O–H groups in total. The Balaban J connectivity index is 2.09. The van der Waals surface area contributed by atoms with Crippen molar-refractivity contribution in [2.24, 2.45) is 4.99 Å². The topological polar surface area (TPSA) is 39.7 Å². The quantitative estimate of drug-likeness (QED) is 0.471. The molecule has 0 unspecified atom stereocenters. The summed E-state index contributed by atoms with van der Waals surface area (Å²) in [4.78, 5) is 6.55. The fourth-order valence-electron chi connectivity index (χ4n) is 2.82. The predicted molar refractivity (Wildman–Crippen MR) is 114 cm³/mol. The van der Waals surface area contributed by atoms with Crippen LogP contribution in [-0.4, -0.2) is 39.4 Å². The number of hydrogen-bond acceptors (Lipinski definition) is 4. The van der Waals surface area contributed by atoms with Gasteiger partial charge in [-0.25, -0.2) is 8.78 Å². The molecule has 0 radical (unpaired) electrons. The van der Waals surface area contributed by atoms with Crippen LogP contribution in [0.25, 0.3) is 5.70 Å². The molecule has 0 amide bonds. The van der Waals surface area contributed by atoms with E-state index in [0.717, 1.165) is 48.2 Å². The normalized spacial score (nSPS) is 11.4. The highest BCUT2D eigenvalue weighted by Gasteiger charge is 2.09. The molecule has 150 valence electrons. The molecule has 0 heterocycles. The molecule has 28 heavy (non-hydrogen) atoms. The van der Waals surface area contributed by atoms with Gasteiger partial charge < -0.3 is 15.5 Å². The van der Waals surface area contributed by atoms with E-state index in [4.69, 9.17) is 4.99 Å². The van der Waals surface area contributed by atoms with Gasteiger partial charge in [0.15, 0.2) is 11.6 Å². The molecule has 0 bridgehead atoms. The lowest BCUT2D eigenvalue weighted by Crippen LogP contribution is -2.24. The summed E-state index contributed by atoms with van der Waals surface area (Å²) >= 11 is 0. The molecule has 0 saturated heterocycles. The minimum Gasteiger partial charge on any atom is -0.385 e. The Morgan fingerprint density at radius 3 is 2.57 bits per heavy atom. The average molecular weight is 386 g/mol. The van der Waals surface area contributed by atoms with Crippen molar-refractivity contribution in [3.8, 4) is 0 Å². The van der Waals surface area contributed by atoms with Crippen LogP contribution in [0.15, 0.2) is 54.0 Å². The summed E-state index contributed by atoms with van der Waals surface area (Å²) in [7, 11) is 3.75. The van der Waals surface area contributed by atoms with Gasteiger partial charge in [0, 0.05) is 42.3 Å². The molecule has 0 aromatic heterocycles. The zero-order chi connectivity index (χ0) is 20.5. The third-order valence-electron chi connectivity index (χ3n) is 4.29. The molecular formula is C22H28F2N4. The van der Waals surface area contributed by atoms with Crippen LogP contribution in [0.2, 0.25) is 0 Å². The molecule has 0 spiro atoms. The van der Waals surface area contributed by atoms with Crippen LogP contribution in [-0.2, 0) is 0 Å². The fourth-order valence-corrected chi connectivity index (χ4v) is 2.82. The van der Waals surface area contributed by atoms with E-state index in [1.807, 2.05) is 50.2 Å². The standard InChI is InChI=1S/C22H28F2N4/c1-16(15-28(4)18-10-11-20(23)21(24)14-18)27-22-9-6-5-8-19(22)17(2)26-13-7-12-25-3/h5-6,8-11,14,25-26H,2,7,12-13,15H2,1,3-4H3. The Morgan fingerprint density at radius 2 is 1.86 bits per heavy atom. The van der Waals surface area contributed by atoms with Gasteiger partial charge in [-0.1, -0.05) is 24.8 Å². The van der Waals surface area contributed by atoms with Gasteiger partial charge in [-0.2, -0.15) is 0 Å². The zero-order valence-corrected chi connectivity index (χ0v) is 16.7. The van der Waals surface area contributed by atoms with E-state index in [2.05, 4.69) is 17.2 Å². The Morgan fingerprint density at radius 1 is 1.11 bits per heavy atom. The maximum atomic E-state index is 13.5. The molecule has 0 saturated carbocycles. The first-order valence-corrected chi connectivity index (χ1v) is 9.29. The first-order chi connectivity index (χ1) is 13.4. The first-order valence-electron chi connectivity index (χ1n) is 9.29. The third kappa shape index (κ3) is 6.16. The van der Waals surface area contributed by atoms with Crippen LogP contribution < -0.4 is 15.5 Å². The monoisotopic (exact) mass is 386 g/mol. The number of aliphatic imine (C=N–C) groups is 1. The number of para-hydroxylation sites is 1. The van der Waals surface area contributed by atoms with E-state index in [1.165, 1.54) is 6.07 Å². The summed E-state index contributed by atoms with van der Waals surface area (Å²) in [6.45, 7) is 8.30. The number of anilines is 1. The SMILES string of the molecule is C=C(NCCCNC)c1ccccc1N=C(C)CN(C)c1ccc(F)c(F)c1. The van der Waals surface area contributed by atoms with Crippen molar-refractivity contribution in [1.29, 1.82) is 0 Å². The number of nitrogens with zero attached hydrogens (tertiary/aromatic N) is 2. The highest BCUT2D eigenvalue weighted by Crippen LogP contribution is 2.24. The molecule has 2 rings (SSSR count). The van der Waals surface area contributed by atoms with Crippen LogP contribution in [0.5, 0.6) is 0 Å². The predicted octanol–water partition coefficient (Wildman–Crippen LogP) is 4.36. The second-order valence-electron chi connectivity index (χ2n) is 6.68. The van der Waals surface area contributed by atoms with Gasteiger partial charge in [0.05, 0.1) is 12.2 Å². The Labute approximate surface area is 166 Å². The molecule has 0 aliphatic heterocycles. The number of nitrogens with one attached hydrogen (secondary N) is 2. The highest BCUT2D eigenvalue weighted by atomic mass is 19.2. The Kier molecular flexibility index (Phi) is 8.14. The maximum Gasteiger partial charge on any atom is 0.160 e. The summed E-state index contributed by atoms with van der Waals surface area (Å²) in [5, 5.41) is 6.45. The van der Waals surface area contributed by atoms with Crippen molar-refractivity contribution in [2.75, 3.05) is 38.6 Å². The highest BCUT2D eigenvalue weighted by molar-refractivity contribution is 5.90. The first kappa shape index (κ1) is 21.6. The van der Waals surface area contributed by atoms with Gasteiger partial charge in [0.1, 0.15) is 0 Å². The summed E-state index contributed by atoms with van der Waals surface area (Å²) in [6.07, 6.45) is 0.999. The van der Waals surface area contributed by atoms with Crippen molar-refractivity contribution >= 4 is 22.8 Å². The van der Waals surface area contributed by atoms with E-state index in [1.54, 1.807) is 6.07 Å². The largest absolute Gasteiger partial charge is 0.385 e. The smallest absolute Gasteiger partial charge is 0.160 e. The average Bonchev–Trinajstić information content (AvgIpc) is 2.67. The number of rotatable bonds is 10. The molecule has 2 aromatic carbocycles. The summed E-state index contributed by atoms with van der Waals surface area (Å²) in [5.41, 5.74) is 4.05. The van der Waals surface area contributed by atoms with Crippen LogP contribution >= 0.6 is 0 Å². The third-order valence-corrected chi connectivity index (χ3v) is 4.29. The summed E-state index contributed by atoms with van der Waals surface area (Å²) < 4.78 is 26.6. The van der Waals surface area contributed by atoms with Crippen LogP contribution in [0, 0.1) is 11.6 Å². The molecular weight excluding hydrogens is 358 g/mol. The van der Waals surface area contributed by atoms with E-state index >= 15 is 0 Å². The fraction of sp³-hybridized carbons (Fsp3) is 0.318. The Bertz CT molecular complexity index is 833. The van der Waals surface area contributed by atoms with Crippen molar-refractivity contribution in [2.45, 2.75) is 13.3 Å². The van der Waals surface area contributed by atoms with E-state index in [0.29, 0.717) is 12.2 Å². The molecule has 0 atom stereocenters. The molecule has 0 fully saturated rings. The lowest BCUT2D eigenvalue weighted by atomic mass is 10.1. The van der Waals surface area contributed by atoms with Crippen LogP contribution in [0.1, 0.15) is 18.9 Å². The minimum absolute atomic E-state index is 0.488. The molecule has 2 aromatic rings. The molecule has 4 nitrogen and oxygen atoms in total. The summed E-state index contributed by atoms with van der Waals surface area (Å²) in [6, 6.07) is 11.7. The maximum absolute atomic E-state index is 13.5. The Hall–Kier alpha value is -2.73. The summed E-state index contributed by atoms with van der Waals surface area (Å²) in [5.74, 6) is -1.71. The zero-order valence-electron chi connectivity index (χ0n) is 16.7. The van der Waals surface area contributed by atoms with Gasteiger partial charge in [-0.3, -0.25) is 4.99 Å². The van der Waals surface area contributed by atoms with E-state index in [-0.39, 0.29) is 0 Å². The van der Waals surface area contributed by atoms with Gasteiger partial charge >= 0.3 is 0 Å². The molecule has 0 aliphatic rings.